The number of fused-ring (bicyclic) bond motifs is 1. The molecule has 1 atom stereocenters. The van der Waals surface area contributed by atoms with Gasteiger partial charge < -0.3 is 9.84 Å². The maximum absolute atomic E-state index is 13.0. The van der Waals surface area contributed by atoms with Crippen LogP contribution < -0.4 is 4.74 Å². The molecule has 1 aromatic carbocycles. The lowest BCUT2D eigenvalue weighted by atomic mass is 9.82. The van der Waals surface area contributed by atoms with Gasteiger partial charge in [0.05, 0.1) is 5.57 Å². The van der Waals surface area contributed by atoms with Gasteiger partial charge in [-0.05, 0) is 41.7 Å². The van der Waals surface area contributed by atoms with Gasteiger partial charge in [-0.2, -0.15) is 0 Å². The van der Waals surface area contributed by atoms with Gasteiger partial charge in [0, 0.05) is 5.56 Å². The van der Waals surface area contributed by atoms with E-state index in [-0.39, 0.29) is 5.41 Å². The Hall–Kier alpha value is -1.91. The number of benzene rings is 1. The van der Waals surface area contributed by atoms with Crippen LogP contribution in [0.1, 0.15) is 51.3 Å². The second-order valence-electron chi connectivity index (χ2n) is 6.23. The molecule has 0 amide bonds. The van der Waals surface area contributed by atoms with Crippen molar-refractivity contribution in [1.29, 1.82) is 0 Å². The van der Waals surface area contributed by atoms with Gasteiger partial charge in [-0.3, -0.25) is 0 Å². The predicted molar refractivity (Wildman–Crippen MR) is 87.3 cm³/mol. The van der Waals surface area contributed by atoms with Gasteiger partial charge in [0.1, 0.15) is 5.75 Å². The van der Waals surface area contributed by atoms with Gasteiger partial charge >= 0.3 is 5.97 Å². The van der Waals surface area contributed by atoms with E-state index in [9.17, 15) is 13.6 Å². The molecule has 0 radical (unpaired) electrons. The van der Waals surface area contributed by atoms with Crippen LogP contribution in [0, 0.1) is 6.92 Å². The number of carbonyl (C=O) groups is 1. The van der Waals surface area contributed by atoms with E-state index in [1.54, 1.807) is 12.1 Å². The van der Waals surface area contributed by atoms with Crippen LogP contribution >= 0.6 is 0 Å². The van der Waals surface area contributed by atoms with E-state index in [1.165, 1.54) is 6.08 Å². The molecular weight excluding hydrogens is 302 g/mol. The maximum Gasteiger partial charge on any atom is 0.335 e. The predicted octanol–water partition coefficient (Wildman–Crippen LogP) is 4.81. The van der Waals surface area contributed by atoms with Crippen LogP contribution in [0.15, 0.2) is 17.7 Å². The Morgan fingerprint density at radius 2 is 1.83 bits per heavy atom. The molecule has 128 valence electrons. The fourth-order valence-electron chi connectivity index (χ4n) is 2.55. The lowest BCUT2D eigenvalue weighted by molar-refractivity contribution is -0.134. The zero-order valence-electron chi connectivity index (χ0n) is 14.4. The Balaban J connectivity index is 0.00000127. The molecule has 0 saturated heterocycles. The number of hydrogen-bond donors (Lipinski definition) is 1. The summed E-state index contributed by atoms with van der Waals surface area (Å²) in [4.78, 5) is 11.1. The van der Waals surface area contributed by atoms with E-state index in [4.69, 9.17) is 9.84 Å². The van der Waals surface area contributed by atoms with Crippen molar-refractivity contribution in [2.45, 2.75) is 59.5 Å². The number of halogens is 2. The van der Waals surface area contributed by atoms with Crippen molar-refractivity contribution in [2.75, 3.05) is 0 Å². The second kappa shape index (κ2) is 7.11. The average molecular weight is 326 g/mol. The first-order chi connectivity index (χ1) is 10.6. The molecule has 1 N–H and O–H groups in total. The average Bonchev–Trinajstić information content (AvgIpc) is 2.45. The van der Waals surface area contributed by atoms with Gasteiger partial charge in [0.25, 0.3) is 6.43 Å². The van der Waals surface area contributed by atoms with Crippen molar-refractivity contribution in [2.24, 2.45) is 0 Å². The quantitative estimate of drug-likeness (QED) is 0.848. The zero-order chi connectivity index (χ0) is 17.9. The molecule has 0 aromatic heterocycles. The van der Waals surface area contributed by atoms with E-state index in [1.807, 2.05) is 41.5 Å². The third kappa shape index (κ3) is 4.09. The highest BCUT2D eigenvalue weighted by Gasteiger charge is 2.35. The first kappa shape index (κ1) is 19.1. The van der Waals surface area contributed by atoms with E-state index in [0.717, 1.165) is 11.1 Å². The van der Waals surface area contributed by atoms with Crippen molar-refractivity contribution in [3.63, 3.8) is 0 Å². The van der Waals surface area contributed by atoms with E-state index in [2.05, 4.69) is 0 Å². The summed E-state index contributed by atoms with van der Waals surface area (Å²) in [5.74, 6) is -1.08. The Morgan fingerprint density at radius 3 is 2.26 bits per heavy atom. The van der Waals surface area contributed by atoms with Crippen LogP contribution in [-0.4, -0.2) is 23.6 Å². The number of ether oxygens (including phenoxy) is 1. The van der Waals surface area contributed by atoms with Crippen molar-refractivity contribution in [3.8, 4) is 5.75 Å². The summed E-state index contributed by atoms with van der Waals surface area (Å²) < 4.78 is 31.3. The molecule has 2 rings (SSSR count). The molecule has 1 aromatic rings. The molecule has 5 heteroatoms. The second-order valence-corrected chi connectivity index (χ2v) is 6.23. The number of rotatable bonds is 2. The third-order valence-electron chi connectivity index (χ3n) is 3.51. The lowest BCUT2D eigenvalue weighted by Crippen LogP contribution is -2.33. The largest absolute Gasteiger partial charge is 0.479 e. The summed E-state index contributed by atoms with van der Waals surface area (Å²) in [5.41, 5.74) is 1.91. The summed E-state index contributed by atoms with van der Waals surface area (Å²) in [6.07, 6.45) is -3.34. The van der Waals surface area contributed by atoms with Crippen molar-refractivity contribution >= 4 is 12.0 Å². The Bertz CT molecular complexity index is 613. The van der Waals surface area contributed by atoms with Crippen LogP contribution in [0.4, 0.5) is 8.78 Å². The van der Waals surface area contributed by atoms with Crippen LogP contribution in [0.2, 0.25) is 0 Å². The van der Waals surface area contributed by atoms with Crippen molar-refractivity contribution < 1.29 is 23.4 Å². The molecule has 0 spiro atoms. The highest BCUT2D eigenvalue weighted by atomic mass is 19.3. The normalized spacial score (nSPS) is 16.7. The SMILES string of the molecule is CC.Cc1cc2c(cc1C(C)(C)C)OC(C(F)F)C(C(=O)O)=C2. The molecule has 0 fully saturated rings. The summed E-state index contributed by atoms with van der Waals surface area (Å²) >= 11 is 0. The maximum atomic E-state index is 13.0. The molecule has 0 aliphatic carbocycles. The van der Waals surface area contributed by atoms with Crippen LogP contribution in [0.3, 0.4) is 0 Å². The Labute approximate surface area is 136 Å². The third-order valence-corrected chi connectivity index (χ3v) is 3.51. The van der Waals surface area contributed by atoms with Crippen LogP contribution in [-0.2, 0) is 10.2 Å². The minimum Gasteiger partial charge on any atom is -0.479 e. The zero-order valence-corrected chi connectivity index (χ0v) is 14.4. The standard InChI is InChI=1S/C16H18F2O3.C2H6/c1-8-5-9-6-10(15(19)20)13(14(17)18)21-12(9)7-11(8)16(2,3)4;1-2/h5-7,13-14H,1-4H3,(H,19,20);1-2H3. The number of aliphatic carboxylic acids is 1. The van der Waals surface area contributed by atoms with E-state index in [0.29, 0.717) is 11.3 Å². The van der Waals surface area contributed by atoms with Gasteiger partial charge in [0.2, 0.25) is 0 Å². The highest BCUT2D eigenvalue weighted by Crippen LogP contribution is 2.37. The molecule has 1 aliphatic rings. The summed E-state index contributed by atoms with van der Waals surface area (Å²) in [6, 6.07) is 3.51. The molecule has 0 saturated carbocycles. The summed E-state index contributed by atoms with van der Waals surface area (Å²) in [5, 5.41) is 9.05. The lowest BCUT2D eigenvalue weighted by Gasteiger charge is -2.28. The smallest absolute Gasteiger partial charge is 0.335 e. The van der Waals surface area contributed by atoms with E-state index >= 15 is 0 Å². The van der Waals surface area contributed by atoms with Gasteiger partial charge in [-0.25, -0.2) is 13.6 Å². The highest BCUT2D eigenvalue weighted by molar-refractivity contribution is 5.95. The van der Waals surface area contributed by atoms with E-state index < -0.39 is 24.1 Å². The van der Waals surface area contributed by atoms with Gasteiger partial charge in [-0.15, -0.1) is 0 Å². The van der Waals surface area contributed by atoms with Gasteiger partial charge in [0.15, 0.2) is 6.10 Å². The molecule has 23 heavy (non-hydrogen) atoms. The first-order valence-corrected chi connectivity index (χ1v) is 7.66. The Kier molecular flexibility index (Phi) is 5.92. The van der Waals surface area contributed by atoms with Crippen LogP contribution in [0.5, 0.6) is 5.75 Å². The molecule has 1 heterocycles. The van der Waals surface area contributed by atoms with Crippen LogP contribution in [0.25, 0.3) is 6.08 Å². The first-order valence-electron chi connectivity index (χ1n) is 7.66. The van der Waals surface area contributed by atoms with Crippen molar-refractivity contribution in [1.82, 2.24) is 0 Å². The summed E-state index contributed by atoms with van der Waals surface area (Å²) in [7, 11) is 0. The fraction of sp³-hybridized carbons (Fsp3) is 0.500. The minimum atomic E-state index is -2.89. The number of carboxylic acids is 1. The minimum absolute atomic E-state index is 0.153. The Morgan fingerprint density at radius 1 is 1.26 bits per heavy atom. The van der Waals surface area contributed by atoms with Gasteiger partial charge in [-0.1, -0.05) is 34.6 Å². The fourth-order valence-corrected chi connectivity index (χ4v) is 2.55. The molecule has 0 bridgehead atoms. The summed E-state index contributed by atoms with van der Waals surface area (Å²) in [6.45, 7) is 12.0. The monoisotopic (exact) mass is 326 g/mol. The molecule has 1 aliphatic heterocycles. The molecule has 3 nitrogen and oxygen atoms in total. The topological polar surface area (TPSA) is 46.5 Å². The van der Waals surface area contributed by atoms with Crippen molar-refractivity contribution in [3.05, 3.63) is 34.4 Å². The molecular formula is C18H24F2O3. The number of aryl methyl sites for hydroxylation is 1. The number of alkyl halides is 2. The number of hydrogen-bond acceptors (Lipinski definition) is 2. The molecule has 1 unspecified atom stereocenters. The number of carboxylic acid groups (broad SMARTS) is 1.